The summed E-state index contributed by atoms with van der Waals surface area (Å²) in [7, 11) is 0. The highest BCUT2D eigenvalue weighted by Crippen LogP contribution is 2.32. The number of hydrogen-bond donors (Lipinski definition) is 0. The third-order valence-corrected chi connectivity index (χ3v) is 6.35. The molecule has 0 aliphatic carbocycles. The Morgan fingerprint density at radius 3 is 2.93 bits per heavy atom. The molecule has 5 rings (SSSR count). The van der Waals surface area contributed by atoms with Crippen molar-refractivity contribution >= 4 is 28.0 Å². The molecule has 0 unspecified atom stereocenters. The number of thiazole rings is 1. The number of aromatic nitrogens is 4. The molecule has 6 nitrogen and oxygen atoms in total. The van der Waals surface area contributed by atoms with Gasteiger partial charge >= 0.3 is 0 Å². The summed E-state index contributed by atoms with van der Waals surface area (Å²) < 4.78 is 1.75. The second-order valence-corrected chi connectivity index (χ2v) is 8.25. The molecule has 0 spiro atoms. The first-order chi connectivity index (χ1) is 14.3. The highest BCUT2D eigenvalue weighted by Gasteiger charge is 2.31. The summed E-state index contributed by atoms with van der Waals surface area (Å²) in [6.45, 7) is 1.32. The van der Waals surface area contributed by atoms with Crippen LogP contribution in [0.4, 0.5) is 0 Å². The molecule has 2 aromatic heterocycles. The number of amides is 1. The average Bonchev–Trinajstić information content (AvgIpc) is 3.46. The number of fused-ring (bicyclic) bond motifs is 1. The fourth-order valence-electron chi connectivity index (χ4n) is 4.06. The summed E-state index contributed by atoms with van der Waals surface area (Å²) in [4.78, 5) is 19.5. The zero-order chi connectivity index (χ0) is 19.6. The number of benzene rings is 2. The van der Waals surface area contributed by atoms with Crippen molar-refractivity contribution in [3.63, 3.8) is 0 Å². The predicted octanol–water partition coefficient (Wildman–Crippen LogP) is 4.30. The predicted molar refractivity (Wildman–Crippen MR) is 113 cm³/mol. The normalized spacial score (nSPS) is 17.0. The molecule has 1 aliphatic rings. The third kappa shape index (κ3) is 3.53. The van der Waals surface area contributed by atoms with Gasteiger partial charge in [0.15, 0.2) is 5.69 Å². The number of hydrogen-bond acceptors (Lipinski definition) is 5. The first-order valence-electron chi connectivity index (χ1n) is 9.87. The molecule has 29 heavy (non-hydrogen) atoms. The zero-order valence-electron chi connectivity index (χ0n) is 15.9. The van der Waals surface area contributed by atoms with E-state index in [0.717, 1.165) is 36.4 Å². The first-order valence-corrected chi connectivity index (χ1v) is 10.7. The molecule has 7 heteroatoms. The van der Waals surface area contributed by atoms with Gasteiger partial charge in [-0.05, 0) is 35.6 Å². The molecule has 1 atom stereocenters. The van der Waals surface area contributed by atoms with Gasteiger partial charge in [-0.3, -0.25) is 4.79 Å². The minimum absolute atomic E-state index is 0.0412. The van der Waals surface area contributed by atoms with E-state index in [4.69, 9.17) is 0 Å². The van der Waals surface area contributed by atoms with E-state index >= 15 is 0 Å². The van der Waals surface area contributed by atoms with Crippen LogP contribution in [-0.4, -0.2) is 37.3 Å². The maximum Gasteiger partial charge on any atom is 0.276 e. The van der Waals surface area contributed by atoms with E-state index in [1.165, 1.54) is 10.8 Å². The van der Waals surface area contributed by atoms with Gasteiger partial charge in [0.1, 0.15) is 5.01 Å². The summed E-state index contributed by atoms with van der Waals surface area (Å²) in [5, 5.41) is 13.8. The van der Waals surface area contributed by atoms with Crippen molar-refractivity contribution in [2.45, 2.75) is 31.8 Å². The Bertz CT molecular complexity index is 1130. The molecule has 1 fully saturated rings. The van der Waals surface area contributed by atoms with Crippen molar-refractivity contribution in [2.75, 3.05) is 6.54 Å². The summed E-state index contributed by atoms with van der Waals surface area (Å²) >= 11 is 1.61. The van der Waals surface area contributed by atoms with Gasteiger partial charge in [0.05, 0.1) is 18.8 Å². The maximum absolute atomic E-state index is 13.2. The van der Waals surface area contributed by atoms with Crippen LogP contribution in [0.1, 0.15) is 46.4 Å². The summed E-state index contributed by atoms with van der Waals surface area (Å²) in [6, 6.07) is 14.6. The molecule has 1 saturated heterocycles. The van der Waals surface area contributed by atoms with Crippen molar-refractivity contribution < 1.29 is 4.79 Å². The van der Waals surface area contributed by atoms with Crippen LogP contribution in [0.15, 0.2) is 60.2 Å². The molecular formula is C22H21N5OS. The Balaban J connectivity index is 1.38. The quantitative estimate of drug-likeness (QED) is 0.510. The lowest BCUT2D eigenvalue weighted by molar-refractivity contribution is 0.0605. The van der Waals surface area contributed by atoms with E-state index in [9.17, 15) is 4.79 Å². The van der Waals surface area contributed by atoms with E-state index in [-0.39, 0.29) is 11.9 Å². The van der Waals surface area contributed by atoms with Gasteiger partial charge in [0.25, 0.3) is 5.91 Å². The van der Waals surface area contributed by atoms with E-state index in [2.05, 4.69) is 39.6 Å². The van der Waals surface area contributed by atoms with Gasteiger partial charge < -0.3 is 4.90 Å². The van der Waals surface area contributed by atoms with Crippen LogP contribution < -0.4 is 0 Å². The minimum atomic E-state index is -0.0610. The summed E-state index contributed by atoms with van der Waals surface area (Å²) in [5.41, 5.74) is 1.55. The van der Waals surface area contributed by atoms with Crippen LogP contribution in [0.25, 0.3) is 10.8 Å². The molecule has 0 N–H and O–H groups in total. The number of likely N-dealkylation sites (tertiary alicyclic amines) is 1. The van der Waals surface area contributed by atoms with Crippen molar-refractivity contribution in [1.29, 1.82) is 0 Å². The fraction of sp³-hybridized carbons (Fsp3) is 0.273. The number of nitrogens with zero attached hydrogens (tertiary/aromatic N) is 5. The Morgan fingerprint density at radius 1 is 1.14 bits per heavy atom. The standard InChI is InChI=1S/C22H21N5OS/c28-22(27-12-4-3-10-20(27)21-23-11-13-29-21)19-15-26(25-24-19)14-17-8-5-7-16-6-1-2-9-18(16)17/h1-2,5-9,11,13,15,20H,3-4,10,12,14H2/t20-/m1/s1. The van der Waals surface area contributed by atoms with Gasteiger partial charge in [-0.25, -0.2) is 9.67 Å². The number of piperidine rings is 1. The van der Waals surface area contributed by atoms with Gasteiger partial charge in [-0.1, -0.05) is 47.7 Å². The Hall–Kier alpha value is -3.06. The lowest BCUT2D eigenvalue weighted by atomic mass is 10.0. The van der Waals surface area contributed by atoms with Crippen LogP contribution in [0, 0.1) is 0 Å². The van der Waals surface area contributed by atoms with Crippen molar-refractivity contribution in [2.24, 2.45) is 0 Å². The first kappa shape index (κ1) is 18.0. The van der Waals surface area contributed by atoms with Crippen molar-refractivity contribution in [3.05, 3.63) is 76.5 Å². The second-order valence-electron chi connectivity index (χ2n) is 7.32. The maximum atomic E-state index is 13.2. The summed E-state index contributed by atoms with van der Waals surface area (Å²) in [6.07, 6.45) is 6.64. The Labute approximate surface area is 172 Å². The van der Waals surface area contributed by atoms with E-state index in [1.54, 1.807) is 28.4 Å². The molecule has 0 radical (unpaired) electrons. The molecule has 4 aromatic rings. The molecule has 0 saturated carbocycles. The van der Waals surface area contributed by atoms with Crippen LogP contribution in [-0.2, 0) is 6.54 Å². The monoisotopic (exact) mass is 403 g/mol. The molecule has 2 aromatic carbocycles. The van der Waals surface area contributed by atoms with Gasteiger partial charge in [0.2, 0.25) is 0 Å². The molecule has 0 bridgehead atoms. The Morgan fingerprint density at radius 2 is 2.03 bits per heavy atom. The lowest BCUT2D eigenvalue weighted by Gasteiger charge is -2.33. The Kier molecular flexibility index (Phi) is 4.81. The van der Waals surface area contributed by atoms with Crippen LogP contribution >= 0.6 is 11.3 Å². The van der Waals surface area contributed by atoms with Crippen LogP contribution in [0.3, 0.4) is 0 Å². The van der Waals surface area contributed by atoms with Crippen LogP contribution in [0.2, 0.25) is 0 Å². The molecule has 146 valence electrons. The largest absolute Gasteiger partial charge is 0.328 e. The average molecular weight is 404 g/mol. The van der Waals surface area contributed by atoms with E-state index in [1.807, 2.05) is 28.5 Å². The summed E-state index contributed by atoms with van der Waals surface area (Å²) in [5.74, 6) is -0.0610. The highest BCUT2D eigenvalue weighted by molar-refractivity contribution is 7.09. The second kappa shape index (κ2) is 7.75. The lowest BCUT2D eigenvalue weighted by Crippen LogP contribution is -2.38. The molecule has 3 heterocycles. The molecular weight excluding hydrogens is 382 g/mol. The zero-order valence-corrected chi connectivity index (χ0v) is 16.8. The topological polar surface area (TPSA) is 63.9 Å². The minimum Gasteiger partial charge on any atom is -0.328 e. The molecule has 1 amide bonds. The van der Waals surface area contributed by atoms with Gasteiger partial charge in [-0.2, -0.15) is 0 Å². The highest BCUT2D eigenvalue weighted by atomic mass is 32.1. The third-order valence-electron chi connectivity index (χ3n) is 5.47. The number of carbonyl (C=O) groups is 1. The number of rotatable bonds is 4. The van der Waals surface area contributed by atoms with E-state index < -0.39 is 0 Å². The van der Waals surface area contributed by atoms with Gasteiger partial charge in [-0.15, -0.1) is 16.4 Å². The fourth-order valence-corrected chi connectivity index (χ4v) is 4.84. The van der Waals surface area contributed by atoms with E-state index in [0.29, 0.717) is 12.2 Å². The van der Waals surface area contributed by atoms with Crippen LogP contribution in [0.5, 0.6) is 0 Å². The van der Waals surface area contributed by atoms with Gasteiger partial charge in [0, 0.05) is 18.1 Å². The smallest absolute Gasteiger partial charge is 0.276 e. The SMILES string of the molecule is O=C(c1cn(Cc2cccc3ccccc23)nn1)N1CCCC[C@@H]1c1nccs1. The number of carbonyl (C=O) groups excluding carboxylic acids is 1. The van der Waals surface area contributed by atoms with Crippen molar-refractivity contribution in [3.8, 4) is 0 Å². The van der Waals surface area contributed by atoms with Crippen molar-refractivity contribution in [1.82, 2.24) is 24.9 Å². The molecule has 1 aliphatic heterocycles.